The Bertz CT molecular complexity index is 927. The van der Waals surface area contributed by atoms with Gasteiger partial charge in [-0.05, 0) is 53.6 Å². The third-order valence-electron chi connectivity index (χ3n) is 4.23. The van der Waals surface area contributed by atoms with Crippen LogP contribution in [0, 0.1) is 0 Å². The summed E-state index contributed by atoms with van der Waals surface area (Å²) in [5, 5.41) is 16.3. The largest absolute Gasteiger partial charge is 0.490 e. The molecule has 0 aliphatic carbocycles. The molecule has 0 aliphatic rings. The zero-order valence-corrected chi connectivity index (χ0v) is 20.0. The number of rotatable bonds is 12. The number of nitrogens with one attached hydrogen (secondary N) is 1. The average molecular weight is 484 g/mol. The van der Waals surface area contributed by atoms with E-state index in [0.29, 0.717) is 36.3 Å². The van der Waals surface area contributed by atoms with E-state index in [1.54, 1.807) is 16.4 Å². The summed E-state index contributed by atoms with van der Waals surface area (Å²) in [5.41, 5.74) is 2.14. The Hall–Kier alpha value is -2.00. The van der Waals surface area contributed by atoms with Crippen molar-refractivity contribution in [3.8, 4) is 11.5 Å². The van der Waals surface area contributed by atoms with Crippen molar-refractivity contribution in [2.75, 3.05) is 18.9 Å². The molecule has 168 valence electrons. The second-order valence-corrected chi connectivity index (χ2v) is 8.05. The molecule has 0 spiro atoms. The number of ether oxygens (including phenoxy) is 2. The minimum absolute atomic E-state index is 0. The maximum Gasteiger partial charge on any atom is 0.209 e. The number of hydrogen-bond donors (Lipinski definition) is 1. The van der Waals surface area contributed by atoms with Gasteiger partial charge in [-0.3, -0.25) is 0 Å². The molecule has 7 nitrogen and oxygen atoms in total. The molecule has 0 aliphatic heterocycles. The van der Waals surface area contributed by atoms with E-state index in [9.17, 15) is 0 Å². The zero-order chi connectivity index (χ0) is 21.2. The number of benzene rings is 2. The van der Waals surface area contributed by atoms with Crippen molar-refractivity contribution in [3.05, 3.63) is 58.6 Å². The van der Waals surface area contributed by atoms with Crippen LogP contribution in [0.4, 0.5) is 0 Å². The van der Waals surface area contributed by atoms with Gasteiger partial charge in [0.25, 0.3) is 0 Å². The van der Waals surface area contributed by atoms with E-state index >= 15 is 0 Å². The Morgan fingerprint density at radius 3 is 2.65 bits per heavy atom. The minimum Gasteiger partial charge on any atom is -0.490 e. The first-order chi connectivity index (χ1) is 14.7. The maximum absolute atomic E-state index is 6.51. The second kappa shape index (κ2) is 13.4. The van der Waals surface area contributed by atoms with Gasteiger partial charge < -0.3 is 14.8 Å². The van der Waals surface area contributed by atoms with E-state index in [0.717, 1.165) is 35.0 Å². The lowest BCUT2D eigenvalue weighted by Gasteiger charge is -2.16. The molecule has 0 radical (unpaired) electrons. The van der Waals surface area contributed by atoms with Gasteiger partial charge >= 0.3 is 0 Å². The summed E-state index contributed by atoms with van der Waals surface area (Å²) in [5.74, 6) is 2.20. The number of thioether (sulfide) groups is 1. The van der Waals surface area contributed by atoms with Gasteiger partial charge in [0.1, 0.15) is 6.61 Å². The summed E-state index contributed by atoms with van der Waals surface area (Å²) < 4.78 is 13.4. The van der Waals surface area contributed by atoms with E-state index in [1.165, 1.54) is 0 Å². The Labute approximate surface area is 198 Å². The molecule has 0 saturated heterocycles. The highest BCUT2D eigenvalue weighted by atomic mass is 35.5. The molecule has 0 amide bonds. The van der Waals surface area contributed by atoms with Crippen molar-refractivity contribution in [1.29, 1.82) is 0 Å². The molecule has 0 bridgehead atoms. The van der Waals surface area contributed by atoms with Crippen molar-refractivity contribution in [3.63, 3.8) is 0 Å². The molecule has 0 fully saturated rings. The van der Waals surface area contributed by atoms with Gasteiger partial charge in [-0.1, -0.05) is 53.7 Å². The standard InChI is InChI=1S/C21H26ClN5O2S.ClH/c1-3-28-19-13-17(14-23-10-7-11-30-21-24-25-26-27(21)2)12-18(22)20(19)29-15-16-8-5-4-6-9-16;/h4-6,8-9,12-13,23H,3,7,10-11,14-15H2,1-2H3;1H. The van der Waals surface area contributed by atoms with Gasteiger partial charge in [0.15, 0.2) is 11.5 Å². The first-order valence-corrected chi connectivity index (χ1v) is 11.2. The fourth-order valence-corrected chi connectivity index (χ4v) is 3.87. The lowest BCUT2D eigenvalue weighted by molar-refractivity contribution is 0.269. The maximum atomic E-state index is 6.51. The summed E-state index contributed by atoms with van der Waals surface area (Å²) in [4.78, 5) is 0. The van der Waals surface area contributed by atoms with Crippen LogP contribution in [0.25, 0.3) is 0 Å². The summed E-state index contributed by atoms with van der Waals surface area (Å²) in [6.07, 6.45) is 1.00. The summed E-state index contributed by atoms with van der Waals surface area (Å²) in [7, 11) is 1.84. The Balaban J connectivity index is 0.00000341. The van der Waals surface area contributed by atoms with Crippen LogP contribution in [0.3, 0.4) is 0 Å². The number of tetrazole rings is 1. The predicted molar refractivity (Wildman–Crippen MR) is 126 cm³/mol. The summed E-state index contributed by atoms with van der Waals surface area (Å²) in [6.45, 7) is 4.52. The van der Waals surface area contributed by atoms with Crippen LogP contribution in [0.5, 0.6) is 11.5 Å². The lowest BCUT2D eigenvalue weighted by Crippen LogP contribution is -2.15. The van der Waals surface area contributed by atoms with E-state index in [-0.39, 0.29) is 12.4 Å². The van der Waals surface area contributed by atoms with E-state index < -0.39 is 0 Å². The zero-order valence-electron chi connectivity index (χ0n) is 17.6. The number of aromatic nitrogens is 4. The fraction of sp³-hybridized carbons (Fsp3) is 0.381. The molecule has 3 aromatic rings. The first kappa shape index (κ1) is 25.3. The van der Waals surface area contributed by atoms with E-state index in [1.807, 2.05) is 56.4 Å². The lowest BCUT2D eigenvalue weighted by atomic mass is 10.2. The van der Waals surface area contributed by atoms with Crippen LogP contribution < -0.4 is 14.8 Å². The van der Waals surface area contributed by atoms with Crippen LogP contribution in [-0.4, -0.2) is 39.1 Å². The molecule has 1 N–H and O–H groups in total. The second-order valence-electron chi connectivity index (χ2n) is 6.58. The highest BCUT2D eigenvalue weighted by Crippen LogP contribution is 2.37. The Morgan fingerprint density at radius 1 is 1.13 bits per heavy atom. The summed E-state index contributed by atoms with van der Waals surface area (Å²) in [6, 6.07) is 13.9. The number of hydrogen-bond acceptors (Lipinski definition) is 7. The average Bonchev–Trinajstić information content (AvgIpc) is 3.15. The molecule has 1 heterocycles. The van der Waals surface area contributed by atoms with Gasteiger partial charge in [0.2, 0.25) is 5.16 Å². The van der Waals surface area contributed by atoms with Crippen molar-refractivity contribution < 1.29 is 9.47 Å². The fourth-order valence-electron chi connectivity index (χ4n) is 2.79. The predicted octanol–water partition coefficient (Wildman–Crippen LogP) is 4.54. The van der Waals surface area contributed by atoms with Crippen molar-refractivity contribution in [1.82, 2.24) is 25.5 Å². The van der Waals surface area contributed by atoms with Crippen LogP contribution in [0.1, 0.15) is 24.5 Å². The Kier molecular flexibility index (Phi) is 10.9. The molecule has 10 heteroatoms. The van der Waals surface area contributed by atoms with Gasteiger partial charge in [0.05, 0.1) is 11.6 Å². The monoisotopic (exact) mass is 483 g/mol. The normalized spacial score (nSPS) is 10.5. The third-order valence-corrected chi connectivity index (χ3v) is 5.61. The van der Waals surface area contributed by atoms with Crippen LogP contribution in [0.15, 0.2) is 47.6 Å². The number of nitrogens with zero attached hydrogens (tertiary/aromatic N) is 4. The van der Waals surface area contributed by atoms with Gasteiger partial charge in [-0.25, -0.2) is 4.68 Å². The van der Waals surface area contributed by atoms with E-state index in [4.69, 9.17) is 21.1 Å². The molecule has 0 saturated carbocycles. The molecule has 31 heavy (non-hydrogen) atoms. The van der Waals surface area contributed by atoms with Crippen molar-refractivity contribution >= 4 is 35.8 Å². The quantitative estimate of drug-likeness (QED) is 0.299. The van der Waals surface area contributed by atoms with E-state index in [2.05, 4.69) is 20.8 Å². The smallest absolute Gasteiger partial charge is 0.209 e. The van der Waals surface area contributed by atoms with Crippen LogP contribution >= 0.6 is 35.8 Å². The third kappa shape index (κ3) is 7.88. The molecule has 2 aromatic carbocycles. The van der Waals surface area contributed by atoms with Crippen molar-refractivity contribution in [2.24, 2.45) is 7.05 Å². The molecule has 1 aromatic heterocycles. The molecule has 0 atom stereocenters. The van der Waals surface area contributed by atoms with Crippen LogP contribution in [0.2, 0.25) is 5.02 Å². The minimum atomic E-state index is 0. The van der Waals surface area contributed by atoms with Crippen LogP contribution in [-0.2, 0) is 20.2 Å². The number of halogens is 2. The van der Waals surface area contributed by atoms with Gasteiger partial charge in [-0.2, -0.15) is 0 Å². The number of aryl methyl sites for hydroxylation is 1. The van der Waals surface area contributed by atoms with Gasteiger partial charge in [0, 0.05) is 19.3 Å². The van der Waals surface area contributed by atoms with Gasteiger partial charge in [-0.15, -0.1) is 17.5 Å². The molecular weight excluding hydrogens is 457 g/mol. The summed E-state index contributed by atoms with van der Waals surface area (Å²) >= 11 is 8.16. The SMILES string of the molecule is CCOc1cc(CNCCCSc2nnnn2C)cc(Cl)c1OCc1ccccc1.Cl. The van der Waals surface area contributed by atoms with Crippen molar-refractivity contribution in [2.45, 2.75) is 31.7 Å². The Morgan fingerprint density at radius 2 is 1.94 bits per heavy atom. The molecular formula is C21H27Cl2N5O2S. The molecule has 0 unspecified atom stereocenters. The highest BCUT2D eigenvalue weighted by molar-refractivity contribution is 7.99. The topological polar surface area (TPSA) is 74.1 Å². The molecule has 3 rings (SSSR count). The highest BCUT2D eigenvalue weighted by Gasteiger charge is 2.13. The first-order valence-electron chi connectivity index (χ1n) is 9.85.